The average Bonchev–Trinajstić information content (AvgIpc) is 2.64. The Morgan fingerprint density at radius 3 is 2.29 bits per heavy atom. The Kier molecular flexibility index (Phi) is 7.36. The summed E-state index contributed by atoms with van der Waals surface area (Å²) in [5, 5.41) is 3.24. The molecule has 0 aromatic heterocycles. The maximum absolute atomic E-state index is 13.1. The van der Waals surface area contributed by atoms with Gasteiger partial charge in [-0.15, -0.1) is 0 Å². The van der Waals surface area contributed by atoms with Crippen LogP contribution in [-0.4, -0.2) is 62.8 Å². The van der Waals surface area contributed by atoms with Crippen LogP contribution in [0.25, 0.3) is 0 Å². The van der Waals surface area contributed by atoms with Crippen LogP contribution in [0.15, 0.2) is 23.1 Å². The van der Waals surface area contributed by atoms with Crippen molar-refractivity contribution < 1.29 is 13.2 Å². The number of likely N-dealkylation sites (N-methyl/N-ethyl adjacent to an activating group) is 1. The second kappa shape index (κ2) is 9.57. The minimum atomic E-state index is -3.72. The highest BCUT2D eigenvalue weighted by molar-refractivity contribution is 7.89. The molecule has 1 saturated carbocycles. The molecule has 1 aromatic rings. The van der Waals surface area contributed by atoms with Gasteiger partial charge in [0, 0.05) is 37.8 Å². The molecule has 1 heterocycles. The zero-order valence-electron chi connectivity index (χ0n) is 16.5. The van der Waals surface area contributed by atoms with Gasteiger partial charge in [-0.2, -0.15) is 4.31 Å². The van der Waals surface area contributed by atoms with E-state index in [0.717, 1.165) is 25.7 Å². The van der Waals surface area contributed by atoms with Gasteiger partial charge >= 0.3 is 0 Å². The molecule has 1 aliphatic heterocycles. The lowest BCUT2D eigenvalue weighted by atomic mass is 9.96. The normalized spacial score (nSPS) is 21.1. The van der Waals surface area contributed by atoms with Crippen molar-refractivity contribution in [2.24, 2.45) is 0 Å². The molecule has 0 atom stereocenters. The van der Waals surface area contributed by atoms with E-state index in [1.807, 2.05) is 7.05 Å². The fourth-order valence-corrected chi connectivity index (χ4v) is 5.80. The molecule has 2 fully saturated rings. The summed E-state index contributed by atoms with van der Waals surface area (Å²) in [5.74, 6) is -0.225. The Bertz CT molecular complexity index is 784. The van der Waals surface area contributed by atoms with E-state index in [0.29, 0.717) is 31.7 Å². The van der Waals surface area contributed by atoms with Gasteiger partial charge in [0.2, 0.25) is 10.0 Å². The number of hydrogen-bond donors (Lipinski definition) is 1. The van der Waals surface area contributed by atoms with Crippen molar-refractivity contribution >= 4 is 27.5 Å². The van der Waals surface area contributed by atoms with Crippen LogP contribution in [-0.2, 0) is 10.0 Å². The number of benzene rings is 1. The van der Waals surface area contributed by atoms with Gasteiger partial charge in [0.15, 0.2) is 0 Å². The monoisotopic (exact) mass is 427 g/mol. The van der Waals surface area contributed by atoms with Gasteiger partial charge in [0.05, 0.1) is 5.02 Å². The van der Waals surface area contributed by atoms with Crippen LogP contribution in [0.2, 0.25) is 5.02 Å². The number of sulfonamides is 1. The van der Waals surface area contributed by atoms with Gasteiger partial charge in [-0.3, -0.25) is 4.79 Å². The number of amides is 1. The zero-order chi connectivity index (χ0) is 20.1. The number of nitrogens with zero attached hydrogens (tertiary/aromatic N) is 2. The molecule has 6 nitrogen and oxygen atoms in total. The standard InChI is InChI=1S/C20H30ClN3O3S/c1-23-11-13-24(14-12-23)28(26,27)19-15-16(9-10-18(19)21)20(25)22-17-7-5-3-2-4-6-8-17/h9-10,15,17H,2-8,11-14H2,1H3,(H,22,25). The fourth-order valence-electron chi connectivity index (χ4n) is 3.88. The lowest BCUT2D eigenvalue weighted by Gasteiger charge is -2.31. The Morgan fingerprint density at radius 2 is 1.64 bits per heavy atom. The van der Waals surface area contributed by atoms with Gasteiger partial charge in [-0.25, -0.2) is 8.42 Å². The maximum Gasteiger partial charge on any atom is 0.251 e. The van der Waals surface area contributed by atoms with Crippen LogP contribution in [0.3, 0.4) is 0 Å². The summed E-state index contributed by atoms with van der Waals surface area (Å²) in [7, 11) is -1.75. The number of carbonyl (C=O) groups excluding carboxylic acids is 1. The van der Waals surface area contributed by atoms with Crippen LogP contribution in [0, 0.1) is 0 Å². The van der Waals surface area contributed by atoms with Gasteiger partial charge in [-0.05, 0) is 38.1 Å². The minimum absolute atomic E-state index is 0.0176. The number of hydrogen-bond acceptors (Lipinski definition) is 4. The molecule has 1 N–H and O–H groups in total. The molecule has 0 unspecified atom stereocenters. The van der Waals surface area contributed by atoms with Crippen molar-refractivity contribution in [3.63, 3.8) is 0 Å². The predicted octanol–water partition coefficient (Wildman–Crippen LogP) is 3.12. The van der Waals surface area contributed by atoms with Gasteiger partial charge in [-0.1, -0.05) is 43.7 Å². The molecule has 1 aromatic carbocycles. The maximum atomic E-state index is 13.1. The molecule has 0 radical (unpaired) electrons. The summed E-state index contributed by atoms with van der Waals surface area (Å²) < 4.78 is 27.6. The molecule has 3 rings (SSSR count). The lowest BCUT2D eigenvalue weighted by Crippen LogP contribution is -2.47. The summed E-state index contributed by atoms with van der Waals surface area (Å²) >= 11 is 6.22. The highest BCUT2D eigenvalue weighted by Crippen LogP contribution is 2.27. The van der Waals surface area contributed by atoms with Crippen molar-refractivity contribution in [3.8, 4) is 0 Å². The molecule has 8 heteroatoms. The molecular weight excluding hydrogens is 398 g/mol. The van der Waals surface area contributed by atoms with E-state index in [9.17, 15) is 13.2 Å². The molecule has 0 spiro atoms. The summed E-state index contributed by atoms with van der Waals surface area (Å²) in [4.78, 5) is 14.9. The van der Waals surface area contributed by atoms with Gasteiger partial charge in [0.25, 0.3) is 5.91 Å². The third kappa shape index (κ3) is 5.26. The third-order valence-electron chi connectivity index (χ3n) is 5.71. The van der Waals surface area contributed by atoms with Crippen molar-refractivity contribution in [3.05, 3.63) is 28.8 Å². The first kappa shape index (κ1) is 21.6. The van der Waals surface area contributed by atoms with Crippen LogP contribution in [0.1, 0.15) is 55.3 Å². The molecule has 1 amide bonds. The van der Waals surface area contributed by atoms with Gasteiger partial charge < -0.3 is 10.2 Å². The smallest absolute Gasteiger partial charge is 0.251 e. The van der Waals surface area contributed by atoms with Crippen molar-refractivity contribution in [2.75, 3.05) is 33.2 Å². The molecule has 156 valence electrons. The van der Waals surface area contributed by atoms with Crippen molar-refractivity contribution in [2.45, 2.75) is 55.9 Å². The first-order valence-corrected chi connectivity index (χ1v) is 12.0. The summed E-state index contributed by atoms with van der Waals surface area (Å²) in [6.07, 6.45) is 7.88. The van der Waals surface area contributed by atoms with E-state index in [4.69, 9.17) is 11.6 Å². The number of nitrogens with one attached hydrogen (secondary N) is 1. The number of rotatable bonds is 4. The Balaban J connectivity index is 1.75. The number of carbonyl (C=O) groups is 1. The predicted molar refractivity (Wildman–Crippen MR) is 111 cm³/mol. The Hall–Kier alpha value is -1.15. The largest absolute Gasteiger partial charge is 0.349 e. The number of halogens is 1. The van der Waals surface area contributed by atoms with E-state index in [1.165, 1.54) is 35.7 Å². The van der Waals surface area contributed by atoms with E-state index in [1.54, 1.807) is 6.07 Å². The molecule has 28 heavy (non-hydrogen) atoms. The van der Waals surface area contributed by atoms with E-state index in [2.05, 4.69) is 10.2 Å². The van der Waals surface area contributed by atoms with Crippen LogP contribution >= 0.6 is 11.6 Å². The first-order valence-electron chi connectivity index (χ1n) is 10.2. The Labute approximate surface area is 173 Å². The summed E-state index contributed by atoms with van der Waals surface area (Å²) in [6.45, 7) is 2.21. The highest BCUT2D eigenvalue weighted by Gasteiger charge is 2.30. The van der Waals surface area contributed by atoms with E-state index >= 15 is 0 Å². The van der Waals surface area contributed by atoms with E-state index in [-0.39, 0.29) is 21.9 Å². The summed E-state index contributed by atoms with van der Waals surface area (Å²) in [6, 6.07) is 4.69. The second-order valence-corrected chi connectivity index (χ2v) is 10.2. The quantitative estimate of drug-likeness (QED) is 0.801. The third-order valence-corrected chi connectivity index (χ3v) is 8.09. The lowest BCUT2D eigenvalue weighted by molar-refractivity contribution is 0.0930. The van der Waals surface area contributed by atoms with Crippen LogP contribution < -0.4 is 5.32 Å². The van der Waals surface area contributed by atoms with Crippen molar-refractivity contribution in [1.82, 2.24) is 14.5 Å². The average molecular weight is 428 g/mol. The molecule has 0 bridgehead atoms. The van der Waals surface area contributed by atoms with Crippen molar-refractivity contribution in [1.29, 1.82) is 0 Å². The van der Waals surface area contributed by atoms with E-state index < -0.39 is 10.0 Å². The molecular formula is C20H30ClN3O3S. The first-order chi connectivity index (χ1) is 13.4. The molecule has 2 aliphatic rings. The van der Waals surface area contributed by atoms with Gasteiger partial charge in [0.1, 0.15) is 4.90 Å². The molecule has 1 aliphatic carbocycles. The summed E-state index contributed by atoms with van der Waals surface area (Å²) in [5.41, 5.74) is 0.346. The van der Waals surface area contributed by atoms with Crippen LogP contribution in [0.5, 0.6) is 0 Å². The molecule has 1 saturated heterocycles. The van der Waals surface area contributed by atoms with Crippen LogP contribution in [0.4, 0.5) is 0 Å². The second-order valence-electron chi connectivity index (χ2n) is 7.87. The zero-order valence-corrected chi connectivity index (χ0v) is 18.1. The Morgan fingerprint density at radius 1 is 1.04 bits per heavy atom. The topological polar surface area (TPSA) is 69.7 Å². The highest BCUT2D eigenvalue weighted by atomic mass is 35.5. The minimum Gasteiger partial charge on any atom is -0.349 e. The SMILES string of the molecule is CN1CCN(S(=O)(=O)c2cc(C(=O)NC3CCCCCCC3)ccc2Cl)CC1. The number of piperazine rings is 1. The fraction of sp³-hybridized carbons (Fsp3) is 0.650.